The Labute approximate surface area is 730 Å². The summed E-state index contributed by atoms with van der Waals surface area (Å²) in [5.41, 5.74) is 22.5. The van der Waals surface area contributed by atoms with Crippen LogP contribution in [0.15, 0.2) is 18.2 Å². The molecule has 10 atom stereocenters. The molecule has 0 aliphatic carbocycles. The number of nitrogens with zero attached hydrogens (tertiary/aromatic N) is 4. The van der Waals surface area contributed by atoms with Crippen molar-refractivity contribution in [2.24, 2.45) is 22.9 Å². The number of carbonyl (C=O) groups excluding carboxylic acids is 9. The molecule has 1 radical (unpaired) electrons. The van der Waals surface area contributed by atoms with Crippen molar-refractivity contribution in [3.05, 3.63) is 29.6 Å². The zero-order valence-electron chi connectivity index (χ0n) is 64.9. The number of thiocarbonyl (C=S) groups is 2. The average molecular weight is 1880 g/mol. The van der Waals surface area contributed by atoms with Crippen LogP contribution < -0.4 is 76.1 Å². The molecule has 1 aliphatic heterocycles. The number of fused-ring (bicyclic) bond motifs is 2. The van der Waals surface area contributed by atoms with Gasteiger partial charge in [0.05, 0.1) is 23.9 Å². The van der Waals surface area contributed by atoms with Crippen LogP contribution in [0.25, 0.3) is 0 Å². The third-order valence-corrected chi connectivity index (χ3v) is 20.7. The number of aliphatic carboxylic acids is 10. The summed E-state index contributed by atoms with van der Waals surface area (Å²) in [4.78, 5) is 238. The fourth-order valence-electron chi connectivity index (χ4n) is 10.1. The Kier molecular flexibility index (Phi) is 58.9. The number of ketones is 1. The molecule has 2 bridgehead atoms. The predicted molar refractivity (Wildman–Crippen MR) is 439 cm³/mol. The van der Waals surface area contributed by atoms with Gasteiger partial charge in [-0.15, -0.1) is 0 Å². The van der Waals surface area contributed by atoms with E-state index in [0.29, 0.717) is 23.1 Å². The zero-order valence-corrected chi connectivity index (χ0v) is 71.1. The molecule has 2 unspecified atom stereocenters. The van der Waals surface area contributed by atoms with Crippen molar-refractivity contribution in [2.45, 2.75) is 157 Å². The maximum atomic E-state index is 13.2. The van der Waals surface area contributed by atoms with E-state index in [2.05, 4.69) is 65.8 Å². The molecule has 2 rings (SSSR count). The Bertz CT molecular complexity index is 3560. The van der Waals surface area contributed by atoms with Gasteiger partial charge >= 0.3 is 59.7 Å². The fourth-order valence-corrected chi connectivity index (χ4v) is 13.3. The monoisotopic (exact) mass is 1880 g/mol. The van der Waals surface area contributed by atoms with Gasteiger partial charge in [0.25, 0.3) is 5.24 Å². The zero-order chi connectivity index (χ0) is 90.0. The van der Waals surface area contributed by atoms with Crippen LogP contribution in [-0.4, -0.2) is 352 Å². The quantitative estimate of drug-likeness (QED) is 0.0125. The first-order valence-corrected chi connectivity index (χ1v) is 40.6. The van der Waals surface area contributed by atoms with Gasteiger partial charge in [0.15, 0.2) is 5.78 Å². The van der Waals surface area contributed by atoms with Gasteiger partial charge in [-0.3, -0.25) is 106 Å². The van der Waals surface area contributed by atoms with Crippen molar-refractivity contribution in [3.8, 4) is 0 Å². The second-order valence-electron chi connectivity index (χ2n) is 25.9. The topological polar surface area (TPSA) is 805 Å². The molecule has 1 aliphatic rings. The molecule has 681 valence electrons. The number of nitrogens with one attached hydrogen (secondary N) is 10. The van der Waals surface area contributed by atoms with Gasteiger partial charge in [-0.25, -0.2) is 0 Å². The summed E-state index contributed by atoms with van der Waals surface area (Å²) in [6.45, 7) is -2.14. The van der Waals surface area contributed by atoms with Crippen LogP contribution in [0.5, 0.6) is 0 Å². The second kappa shape index (κ2) is 62.7. The third kappa shape index (κ3) is 51.9. The van der Waals surface area contributed by atoms with Crippen LogP contribution in [0.2, 0.25) is 0 Å². The van der Waals surface area contributed by atoms with E-state index in [1.165, 1.54) is 0 Å². The number of rotatable bonds is 54. The second-order valence-corrected chi connectivity index (χ2v) is 30.7. The summed E-state index contributed by atoms with van der Waals surface area (Å²) < 4.78 is 0.102. The van der Waals surface area contributed by atoms with Crippen LogP contribution in [-0.2, 0) is 116 Å². The Morgan fingerprint density at radius 1 is 0.421 bits per heavy atom. The largest absolute Gasteiger partial charge is 0.481 e. The molecule has 30 N–H and O–H groups in total. The fraction of sp³-hybridized carbons (Fsp3) is 0.606. The number of Topliss-reactive ketones (excluding diaryl/α,β-unsaturated/α-hetero) is 1. The summed E-state index contributed by atoms with van der Waals surface area (Å²) in [6, 6.07) is -7.85. The molecule has 55 heteroatoms. The van der Waals surface area contributed by atoms with Gasteiger partial charge in [0.2, 0.25) is 41.4 Å². The number of hydrogen-bond acceptors (Lipinski definition) is 33. The van der Waals surface area contributed by atoms with Crippen molar-refractivity contribution in [3.63, 3.8) is 0 Å². The molecule has 0 saturated carbocycles. The molecule has 8 amide bonds. The molecule has 1 aromatic heterocycles. The van der Waals surface area contributed by atoms with E-state index in [1.54, 1.807) is 28.0 Å². The maximum absolute atomic E-state index is 13.2. The van der Waals surface area contributed by atoms with Crippen molar-refractivity contribution >= 4 is 193 Å². The number of amides is 8. The van der Waals surface area contributed by atoms with E-state index in [4.69, 9.17) is 93.2 Å². The van der Waals surface area contributed by atoms with Crippen LogP contribution in [0, 0.1) is 0 Å². The molecule has 0 saturated heterocycles. The first-order chi connectivity index (χ1) is 55.9. The van der Waals surface area contributed by atoms with Crippen molar-refractivity contribution in [1.29, 1.82) is 0 Å². The standard InChI is InChI=1S/C55H84N16O23S5.C11H18N2O6S.Mn.H2O/c56-31(48(84)85)5-8-39(72)66-34(45(81)62-21-42(75)76)26-97-53(94)59-13-2-16-69-17-19-70(37(51(90)91)11-14-60-54(95)98-27-35(46(82)63-22-43(77)78)67-40(73)9-6-32(57)49(86)87)24-29-3-1-4-30(65-29)25-71(20-18-69)38(52(92)93)12-15-61-55(96)99-28-36(47(83)64-23-44(79)80)68-41(74)10-7-33(58)50(88)89;12-6(11(18)19)1-3-9(15)13-7(5-20)8(14)2-4-10(16)17;;/h1,3-4,31-38H,2,5-28,56-58H2,(H,59,94)(H,60,95)(H,61,96)(H,62,81)(H,63,82)(H,64,83)(H,66,72)(H,67,73)(H,68,74)(H,75,76)(H,77,78)(H,79,80)(H,84,85)(H,86,87)(H,88,89)(H,90,91)(H,92,93);6-7,20H,1-5,12H2,(H,13,15)(H,16,17)(H,18,19);;1H2/t31-,32-,33-,34-,35-,36-,37?,38?;6-,7-;;/m00../s1. The van der Waals surface area contributed by atoms with Crippen LogP contribution >= 0.6 is 72.4 Å². The number of pyridine rings is 1. The van der Waals surface area contributed by atoms with Gasteiger partial charge in [-0.2, -0.15) is 12.6 Å². The summed E-state index contributed by atoms with van der Waals surface area (Å²) in [6.07, 6.45) is -2.73. The number of thiol groups is 1. The van der Waals surface area contributed by atoms with Crippen molar-refractivity contribution < 1.29 is 165 Å². The van der Waals surface area contributed by atoms with Crippen LogP contribution in [0.1, 0.15) is 94.9 Å². The summed E-state index contributed by atoms with van der Waals surface area (Å²) in [7, 11) is 0. The SMILES string of the molecule is N[C@@H](CCC(=O)N[C@@H](CS)C(=O)CCC(=O)O)C(=O)O.N[C@@H](CCC(=O)N[C@@H](CSC(=O)NCCCN1CCN(C(CCNC(=S)SC[C@H](NC(=O)CC[C@H](N)C(=O)O)C(=O)NCC(=O)O)C(=O)O)Cc2cccc(n2)CN(C(CCNC(=S)SC[C@H](NC(=O)CC[C@H](N)C(=O)O)C(=O)NCC(=O)O)C(=O)O)CC1)C(=O)NCC(=O)O)C(=O)O.O.[Mn]. The minimum Gasteiger partial charge on any atom is -0.481 e. The molecular formula is C66H104MnN18O30S6. The van der Waals surface area contributed by atoms with E-state index in [9.17, 15) is 101 Å². The minimum atomic E-state index is -1.45. The molecule has 1 aromatic rings. The minimum absolute atomic E-state index is 0. The van der Waals surface area contributed by atoms with E-state index < -0.39 is 204 Å². The predicted octanol–water partition coefficient (Wildman–Crippen LogP) is -7.43. The summed E-state index contributed by atoms with van der Waals surface area (Å²) in [5, 5.41) is 117. The summed E-state index contributed by atoms with van der Waals surface area (Å²) in [5.74, 6) is -20.0. The van der Waals surface area contributed by atoms with Crippen molar-refractivity contribution in [2.75, 3.05) is 95.0 Å². The third-order valence-electron chi connectivity index (χ3n) is 16.6. The van der Waals surface area contributed by atoms with Crippen LogP contribution in [0.4, 0.5) is 4.79 Å². The molecule has 0 aromatic carbocycles. The first-order valence-electron chi connectivity index (χ1n) is 36.2. The smallest absolute Gasteiger partial charge is 0.322 e. The Morgan fingerprint density at radius 3 is 1.06 bits per heavy atom. The average Bonchev–Trinajstić information content (AvgIpc) is 0.833. The molecule has 121 heavy (non-hydrogen) atoms. The number of carboxylic acids is 10. The van der Waals surface area contributed by atoms with Gasteiger partial charge in [0.1, 0.15) is 82.7 Å². The van der Waals surface area contributed by atoms with E-state index in [-0.39, 0.29) is 191 Å². The van der Waals surface area contributed by atoms with Crippen molar-refractivity contribution in [1.82, 2.24) is 72.9 Å². The van der Waals surface area contributed by atoms with E-state index >= 15 is 0 Å². The Balaban J connectivity index is 0. The normalized spacial score (nSPS) is 14.7. The van der Waals surface area contributed by atoms with Gasteiger partial charge in [0, 0.05) is 131 Å². The molecule has 48 nitrogen and oxygen atoms in total. The Hall–Kier alpha value is -9.34. The van der Waals surface area contributed by atoms with Crippen LogP contribution in [0.3, 0.4) is 0 Å². The number of aromatic nitrogens is 1. The van der Waals surface area contributed by atoms with Gasteiger partial charge in [-0.05, 0) is 63.6 Å². The molecular weight excluding hydrogens is 1770 g/mol. The number of carbonyl (C=O) groups is 19. The maximum Gasteiger partial charge on any atom is 0.322 e. The first kappa shape index (κ1) is 114. The van der Waals surface area contributed by atoms with Gasteiger partial charge < -0.3 is 138 Å². The molecule has 0 fully saturated rings. The summed E-state index contributed by atoms with van der Waals surface area (Å²) >= 11 is 17.2. The number of nitrogens with two attached hydrogens (primary N) is 4. The molecule has 0 spiro atoms. The number of carboxylic acid groups (broad SMARTS) is 10. The number of thioether (sulfide) groups is 3. The van der Waals surface area contributed by atoms with E-state index in [1.807, 2.05) is 4.90 Å². The Morgan fingerprint density at radius 2 is 0.752 bits per heavy atom. The van der Waals surface area contributed by atoms with Gasteiger partial charge in [-0.1, -0.05) is 65.8 Å². The molecule has 2 heterocycles. The number of hydrogen-bond donors (Lipinski definition) is 25. The van der Waals surface area contributed by atoms with E-state index in [0.717, 1.165) is 23.5 Å².